The Kier molecular flexibility index (Phi) is 4.93. The van der Waals surface area contributed by atoms with Crippen molar-refractivity contribution in [2.75, 3.05) is 13.2 Å². The van der Waals surface area contributed by atoms with Crippen LogP contribution in [0.5, 0.6) is 5.75 Å². The number of imide groups is 1. The summed E-state index contributed by atoms with van der Waals surface area (Å²) in [7, 11) is 0. The number of benzene rings is 2. The summed E-state index contributed by atoms with van der Waals surface area (Å²) in [6.07, 6.45) is 0.373. The van der Waals surface area contributed by atoms with E-state index in [9.17, 15) is 14.0 Å². The number of hydrogen-bond acceptors (Lipinski definition) is 3. The predicted molar refractivity (Wildman–Crippen MR) is 95.3 cm³/mol. The van der Waals surface area contributed by atoms with Crippen LogP contribution in [0.25, 0.3) is 0 Å². The van der Waals surface area contributed by atoms with Gasteiger partial charge in [-0.05, 0) is 42.7 Å². The molecule has 1 N–H and O–H groups in total. The monoisotopic (exact) mass is 356 g/mol. The molecular weight excluding hydrogens is 335 g/mol. The number of nitrogens with one attached hydrogen (secondary N) is 1. The Bertz CT molecular complexity index is 822. The fourth-order valence-corrected chi connectivity index (χ4v) is 3.17. The summed E-state index contributed by atoms with van der Waals surface area (Å²) in [6.45, 7) is 4.09. The van der Waals surface area contributed by atoms with Crippen LogP contribution >= 0.6 is 0 Å². The van der Waals surface area contributed by atoms with Crippen LogP contribution in [0.4, 0.5) is 9.18 Å². The summed E-state index contributed by atoms with van der Waals surface area (Å²) in [5.41, 5.74) is 0.397. The lowest BCUT2D eigenvalue weighted by Crippen LogP contribution is -2.43. The highest BCUT2D eigenvalue weighted by Crippen LogP contribution is 2.32. The highest BCUT2D eigenvalue weighted by molar-refractivity contribution is 6.07. The summed E-state index contributed by atoms with van der Waals surface area (Å²) in [5, 5.41) is 2.77. The number of para-hydroxylation sites is 1. The van der Waals surface area contributed by atoms with Crippen molar-refractivity contribution in [3.05, 3.63) is 65.5 Å². The van der Waals surface area contributed by atoms with Crippen LogP contribution in [0.15, 0.2) is 48.5 Å². The van der Waals surface area contributed by atoms with Gasteiger partial charge in [0.25, 0.3) is 5.91 Å². The lowest BCUT2D eigenvalue weighted by Gasteiger charge is -2.25. The smallest absolute Gasteiger partial charge is 0.325 e. The van der Waals surface area contributed by atoms with Gasteiger partial charge in [-0.2, -0.15) is 0 Å². The van der Waals surface area contributed by atoms with Gasteiger partial charge in [-0.1, -0.05) is 37.3 Å². The average Bonchev–Trinajstić information content (AvgIpc) is 2.89. The first-order chi connectivity index (χ1) is 12.5. The zero-order chi connectivity index (χ0) is 18.7. The number of ether oxygens (including phenoxy) is 1. The van der Waals surface area contributed by atoms with Crippen molar-refractivity contribution in [2.45, 2.75) is 25.8 Å². The van der Waals surface area contributed by atoms with Crippen LogP contribution in [0.1, 0.15) is 24.5 Å². The van der Waals surface area contributed by atoms with Gasteiger partial charge in [0.05, 0.1) is 6.54 Å². The van der Waals surface area contributed by atoms with E-state index in [1.54, 1.807) is 0 Å². The minimum Gasteiger partial charge on any atom is -0.491 e. The number of carbonyl (C=O) groups is 2. The third kappa shape index (κ3) is 3.14. The largest absolute Gasteiger partial charge is 0.491 e. The van der Waals surface area contributed by atoms with Gasteiger partial charge < -0.3 is 10.1 Å². The zero-order valence-electron chi connectivity index (χ0n) is 14.8. The second-order valence-electron chi connectivity index (χ2n) is 6.27. The van der Waals surface area contributed by atoms with Crippen LogP contribution in [0.2, 0.25) is 0 Å². The van der Waals surface area contributed by atoms with Gasteiger partial charge in [0.15, 0.2) is 0 Å². The molecule has 5 nitrogen and oxygen atoms in total. The number of amides is 3. The first-order valence-corrected chi connectivity index (χ1v) is 8.56. The maximum absolute atomic E-state index is 13.2. The Balaban J connectivity index is 1.73. The van der Waals surface area contributed by atoms with Gasteiger partial charge in [-0.3, -0.25) is 9.69 Å². The van der Waals surface area contributed by atoms with Gasteiger partial charge in [0, 0.05) is 0 Å². The molecule has 1 heterocycles. The first kappa shape index (κ1) is 17.9. The van der Waals surface area contributed by atoms with Crippen molar-refractivity contribution >= 4 is 11.9 Å². The molecule has 1 fully saturated rings. The van der Waals surface area contributed by atoms with Crippen LogP contribution in [-0.2, 0) is 10.3 Å². The molecule has 3 amide bonds. The van der Waals surface area contributed by atoms with Crippen molar-refractivity contribution in [1.29, 1.82) is 0 Å². The minimum atomic E-state index is -1.16. The highest BCUT2D eigenvalue weighted by Gasteiger charge is 2.51. The lowest BCUT2D eigenvalue weighted by molar-refractivity contribution is -0.132. The fourth-order valence-electron chi connectivity index (χ4n) is 3.17. The van der Waals surface area contributed by atoms with Gasteiger partial charge >= 0.3 is 6.03 Å². The first-order valence-electron chi connectivity index (χ1n) is 8.56. The minimum absolute atomic E-state index is 0.141. The standard InChI is InChI=1S/C20H21FN2O3/c1-3-20(15-8-10-16(21)11-9-15)18(24)23(19(25)22-20)12-13-26-17-7-5-4-6-14(17)2/h4-11H,3,12-13H2,1-2H3,(H,22,25)/t20-/m0/s1. The number of nitrogens with zero attached hydrogens (tertiary/aromatic N) is 1. The van der Waals surface area contributed by atoms with E-state index >= 15 is 0 Å². The van der Waals surface area contributed by atoms with Crippen LogP contribution in [0, 0.1) is 12.7 Å². The lowest BCUT2D eigenvalue weighted by atomic mass is 9.87. The van der Waals surface area contributed by atoms with Gasteiger partial charge in [-0.25, -0.2) is 9.18 Å². The molecule has 0 spiro atoms. The Morgan fingerprint density at radius 3 is 2.46 bits per heavy atom. The molecule has 2 aromatic rings. The molecule has 0 bridgehead atoms. The summed E-state index contributed by atoms with van der Waals surface area (Å²) in [6, 6.07) is 12.7. The van der Waals surface area contributed by atoms with Crippen LogP contribution in [-0.4, -0.2) is 30.0 Å². The second kappa shape index (κ2) is 7.15. The molecule has 136 valence electrons. The van der Waals surface area contributed by atoms with Crippen molar-refractivity contribution in [1.82, 2.24) is 10.2 Å². The van der Waals surface area contributed by atoms with Crippen LogP contribution in [0.3, 0.4) is 0 Å². The number of aryl methyl sites for hydroxylation is 1. The maximum Gasteiger partial charge on any atom is 0.325 e. The molecule has 0 saturated carbocycles. The number of carbonyl (C=O) groups excluding carboxylic acids is 2. The van der Waals surface area contributed by atoms with E-state index < -0.39 is 11.6 Å². The van der Waals surface area contributed by atoms with E-state index in [1.807, 2.05) is 38.1 Å². The number of halogens is 1. The maximum atomic E-state index is 13.2. The topological polar surface area (TPSA) is 58.6 Å². The molecule has 1 aliphatic heterocycles. The number of rotatable bonds is 6. The Hall–Kier alpha value is -2.89. The Morgan fingerprint density at radius 2 is 1.81 bits per heavy atom. The van der Waals surface area contributed by atoms with Crippen LogP contribution < -0.4 is 10.1 Å². The molecule has 1 saturated heterocycles. The predicted octanol–water partition coefficient (Wildman–Crippen LogP) is 3.37. The SMILES string of the molecule is CC[C@@]1(c2ccc(F)cc2)NC(=O)N(CCOc2ccccc2C)C1=O. The van der Waals surface area contributed by atoms with Gasteiger partial charge in [0.1, 0.15) is 23.7 Å². The summed E-state index contributed by atoms with van der Waals surface area (Å²) >= 11 is 0. The molecule has 6 heteroatoms. The molecule has 26 heavy (non-hydrogen) atoms. The van der Waals surface area contributed by atoms with E-state index in [0.29, 0.717) is 12.0 Å². The van der Waals surface area contributed by atoms with Gasteiger partial charge in [0.2, 0.25) is 0 Å². The van der Waals surface area contributed by atoms with Crippen molar-refractivity contribution < 1.29 is 18.7 Å². The number of hydrogen-bond donors (Lipinski definition) is 1. The zero-order valence-corrected chi connectivity index (χ0v) is 14.8. The molecule has 0 radical (unpaired) electrons. The summed E-state index contributed by atoms with van der Waals surface area (Å²) in [4.78, 5) is 26.5. The third-order valence-corrected chi connectivity index (χ3v) is 4.71. The molecular formula is C20H21FN2O3. The summed E-state index contributed by atoms with van der Waals surface area (Å²) in [5.74, 6) is -0.00917. The molecule has 2 aromatic carbocycles. The van der Waals surface area contributed by atoms with E-state index in [-0.39, 0.29) is 24.9 Å². The summed E-state index contributed by atoms with van der Waals surface area (Å²) < 4.78 is 18.9. The Morgan fingerprint density at radius 1 is 1.12 bits per heavy atom. The van der Waals surface area contributed by atoms with E-state index in [0.717, 1.165) is 16.2 Å². The van der Waals surface area contributed by atoms with E-state index in [4.69, 9.17) is 4.74 Å². The van der Waals surface area contributed by atoms with E-state index in [1.165, 1.54) is 24.3 Å². The Labute approximate surface area is 151 Å². The number of urea groups is 1. The van der Waals surface area contributed by atoms with Crippen molar-refractivity contribution in [2.24, 2.45) is 0 Å². The second-order valence-corrected chi connectivity index (χ2v) is 6.27. The highest BCUT2D eigenvalue weighted by atomic mass is 19.1. The molecule has 1 atom stereocenters. The van der Waals surface area contributed by atoms with Crippen molar-refractivity contribution in [3.63, 3.8) is 0 Å². The average molecular weight is 356 g/mol. The van der Waals surface area contributed by atoms with Crippen molar-refractivity contribution in [3.8, 4) is 5.75 Å². The molecule has 3 rings (SSSR count). The molecule has 0 aromatic heterocycles. The molecule has 0 unspecified atom stereocenters. The normalized spacial score (nSPS) is 19.6. The molecule has 1 aliphatic rings. The van der Waals surface area contributed by atoms with E-state index in [2.05, 4.69) is 5.32 Å². The fraction of sp³-hybridized carbons (Fsp3) is 0.300. The molecule has 0 aliphatic carbocycles. The third-order valence-electron chi connectivity index (χ3n) is 4.71. The van der Waals surface area contributed by atoms with Gasteiger partial charge in [-0.15, -0.1) is 0 Å². The quantitative estimate of drug-likeness (QED) is 0.808.